The maximum absolute atomic E-state index is 13.2. The number of aromatic nitrogens is 3. The number of aliphatic hydroxyl groups is 1. The van der Waals surface area contributed by atoms with Crippen molar-refractivity contribution < 1.29 is 14.6 Å². The van der Waals surface area contributed by atoms with E-state index in [2.05, 4.69) is 27.0 Å². The van der Waals surface area contributed by atoms with Gasteiger partial charge in [-0.15, -0.1) is 6.42 Å². The Balaban J connectivity index is 1.19. The molecule has 3 aromatic rings. The van der Waals surface area contributed by atoms with Gasteiger partial charge in [0, 0.05) is 36.6 Å². The molecule has 3 fully saturated rings. The van der Waals surface area contributed by atoms with Crippen molar-refractivity contribution in [1.29, 1.82) is 5.26 Å². The lowest BCUT2D eigenvalue weighted by atomic mass is 9.85. The van der Waals surface area contributed by atoms with Crippen molar-refractivity contribution in [2.24, 2.45) is 10.4 Å². The number of carbonyl (C=O) groups is 1. The van der Waals surface area contributed by atoms with E-state index in [0.29, 0.717) is 42.0 Å². The molecule has 41 heavy (non-hydrogen) atoms. The van der Waals surface area contributed by atoms with Crippen LogP contribution in [0.1, 0.15) is 39.2 Å². The van der Waals surface area contributed by atoms with Crippen LogP contribution in [0, 0.1) is 29.1 Å². The van der Waals surface area contributed by atoms with E-state index in [1.165, 1.54) is 6.20 Å². The van der Waals surface area contributed by atoms with E-state index in [4.69, 9.17) is 16.1 Å². The van der Waals surface area contributed by atoms with Gasteiger partial charge in [0.25, 0.3) is 5.91 Å². The molecule has 1 amide bonds. The summed E-state index contributed by atoms with van der Waals surface area (Å²) < 4.78 is 7.45. The zero-order valence-corrected chi connectivity index (χ0v) is 23.3. The maximum atomic E-state index is 13.2. The molecule has 0 spiro atoms. The van der Waals surface area contributed by atoms with Gasteiger partial charge < -0.3 is 19.6 Å². The molecule has 4 aliphatic rings. The Morgan fingerprint density at radius 1 is 1.29 bits per heavy atom. The highest BCUT2D eigenvalue weighted by atomic mass is 16.5. The van der Waals surface area contributed by atoms with Crippen LogP contribution < -0.4 is 9.64 Å². The molecule has 0 aromatic carbocycles. The van der Waals surface area contributed by atoms with Crippen LogP contribution in [0.3, 0.4) is 0 Å². The average Bonchev–Trinajstić information content (AvgIpc) is 3.39. The number of ether oxygens (including phenoxy) is 1. The molecule has 1 N–H and O–H groups in total. The molecule has 2 bridgehead atoms. The number of anilines is 1. The lowest BCUT2D eigenvalue weighted by Crippen LogP contribution is -2.70. The van der Waals surface area contributed by atoms with Crippen LogP contribution in [-0.4, -0.2) is 74.1 Å². The molecule has 10 heteroatoms. The Bertz CT molecular complexity index is 1660. The summed E-state index contributed by atoms with van der Waals surface area (Å²) in [6, 6.07) is 8.19. The number of carbonyl (C=O) groups excluding carboxylic acids is 1. The molecule has 0 aliphatic carbocycles. The monoisotopic (exact) mass is 549 g/mol. The van der Waals surface area contributed by atoms with Crippen molar-refractivity contribution in [3.05, 3.63) is 54.1 Å². The number of aliphatic imine (C=N–C) groups is 1. The normalized spacial score (nSPS) is 23.4. The fraction of sp³-hybridized carbons (Fsp3) is 0.387. The number of nitrogens with zero attached hydrogens (tertiary/aromatic N) is 7. The van der Waals surface area contributed by atoms with Crippen molar-refractivity contribution in [3.8, 4) is 35.3 Å². The Morgan fingerprint density at radius 2 is 2.07 bits per heavy atom. The summed E-state index contributed by atoms with van der Waals surface area (Å²) in [6.07, 6.45) is 15.7. The first-order valence-corrected chi connectivity index (χ1v) is 13.6. The second kappa shape index (κ2) is 9.76. The molecule has 4 aliphatic heterocycles. The molecule has 0 radical (unpaired) electrons. The fourth-order valence-electron chi connectivity index (χ4n) is 5.60. The zero-order valence-electron chi connectivity index (χ0n) is 23.3. The standard InChI is InChI=1S/C31H31N7O3/c1-5-31(4)9-8-26(34-18-31)29(39)38-22-10-23(38)16-36(15-22)27-7-6-20(13-33-27)25-11-24(41-19-30(2,3)40)17-37-28(25)21(12-32)14-35-37/h1,6-8,11,13-14,17-18,22-23,40H,9-10,15-16,19H2,2-4H3. The highest BCUT2D eigenvalue weighted by Gasteiger charge is 2.48. The van der Waals surface area contributed by atoms with Crippen LogP contribution in [0.5, 0.6) is 5.75 Å². The first-order valence-electron chi connectivity index (χ1n) is 13.6. The maximum Gasteiger partial charge on any atom is 0.272 e. The number of hydrogen-bond acceptors (Lipinski definition) is 8. The van der Waals surface area contributed by atoms with E-state index in [1.807, 2.05) is 36.1 Å². The predicted molar refractivity (Wildman–Crippen MR) is 154 cm³/mol. The molecule has 3 unspecified atom stereocenters. The summed E-state index contributed by atoms with van der Waals surface area (Å²) in [5.41, 5.74) is 1.71. The SMILES string of the molecule is C#CC1(C)C=NC(C(=O)N2C3CC2CN(c2ccc(-c4cc(OCC(C)(C)O)cn5ncc(C#N)c45)cn2)C3)=CC1. The van der Waals surface area contributed by atoms with Gasteiger partial charge in [0.05, 0.1) is 46.6 Å². The molecule has 208 valence electrons. The number of terminal acetylenes is 1. The van der Waals surface area contributed by atoms with Crippen LogP contribution in [0.4, 0.5) is 5.82 Å². The summed E-state index contributed by atoms with van der Waals surface area (Å²) in [4.78, 5) is 26.5. The van der Waals surface area contributed by atoms with Crippen molar-refractivity contribution >= 4 is 23.5 Å². The number of piperidine rings is 1. The number of piperazine rings is 1. The summed E-state index contributed by atoms with van der Waals surface area (Å²) in [7, 11) is 0. The minimum Gasteiger partial charge on any atom is -0.489 e. The number of hydrogen-bond donors (Lipinski definition) is 1. The van der Waals surface area contributed by atoms with Crippen molar-refractivity contribution in [1.82, 2.24) is 19.5 Å². The van der Waals surface area contributed by atoms with Crippen molar-refractivity contribution in [2.75, 3.05) is 24.6 Å². The number of rotatable bonds is 6. The van der Waals surface area contributed by atoms with Gasteiger partial charge in [-0.25, -0.2) is 9.50 Å². The predicted octanol–water partition coefficient (Wildman–Crippen LogP) is 3.21. The van der Waals surface area contributed by atoms with Crippen LogP contribution in [0.2, 0.25) is 0 Å². The number of nitriles is 1. The number of allylic oxidation sites excluding steroid dienone is 1. The van der Waals surface area contributed by atoms with Crippen LogP contribution in [0.15, 0.2) is 53.6 Å². The van der Waals surface area contributed by atoms with E-state index in [9.17, 15) is 15.2 Å². The molecule has 3 atom stereocenters. The van der Waals surface area contributed by atoms with Gasteiger partial charge >= 0.3 is 0 Å². The molecule has 10 nitrogen and oxygen atoms in total. The Morgan fingerprint density at radius 3 is 2.68 bits per heavy atom. The molecule has 3 aromatic heterocycles. The Hall–Kier alpha value is -4.67. The summed E-state index contributed by atoms with van der Waals surface area (Å²) in [5, 5.41) is 24.1. The van der Waals surface area contributed by atoms with Gasteiger partial charge in [-0.2, -0.15) is 10.4 Å². The van der Waals surface area contributed by atoms with Gasteiger partial charge in [-0.3, -0.25) is 9.79 Å². The summed E-state index contributed by atoms with van der Waals surface area (Å²) in [6.45, 7) is 6.77. The third-order valence-corrected chi connectivity index (χ3v) is 7.87. The van der Waals surface area contributed by atoms with Gasteiger partial charge in [-0.05, 0) is 51.8 Å². The number of fused-ring (bicyclic) bond motifs is 3. The summed E-state index contributed by atoms with van der Waals surface area (Å²) in [5.74, 6) is 4.05. The first kappa shape index (κ1) is 26.5. The first-order chi connectivity index (χ1) is 19.6. The molecule has 3 saturated heterocycles. The van der Waals surface area contributed by atoms with E-state index < -0.39 is 11.0 Å². The topological polar surface area (TPSA) is 119 Å². The van der Waals surface area contributed by atoms with Crippen LogP contribution >= 0.6 is 0 Å². The molecule has 0 saturated carbocycles. The zero-order chi connectivity index (χ0) is 28.9. The fourth-order valence-corrected chi connectivity index (χ4v) is 5.60. The molecule has 7 heterocycles. The highest BCUT2D eigenvalue weighted by Crippen LogP contribution is 2.37. The Kier molecular flexibility index (Phi) is 6.32. The molecular formula is C31H31N7O3. The quantitative estimate of drug-likeness (QED) is 0.469. The van der Waals surface area contributed by atoms with E-state index in [0.717, 1.165) is 23.4 Å². The van der Waals surface area contributed by atoms with Crippen molar-refractivity contribution in [3.63, 3.8) is 0 Å². The smallest absolute Gasteiger partial charge is 0.272 e. The second-order valence-corrected chi connectivity index (χ2v) is 11.8. The second-order valence-electron chi connectivity index (χ2n) is 11.8. The average molecular weight is 550 g/mol. The lowest BCUT2D eigenvalue weighted by Gasteiger charge is -2.56. The molecular weight excluding hydrogens is 518 g/mol. The summed E-state index contributed by atoms with van der Waals surface area (Å²) >= 11 is 0. The largest absolute Gasteiger partial charge is 0.489 e. The van der Waals surface area contributed by atoms with E-state index >= 15 is 0 Å². The van der Waals surface area contributed by atoms with Gasteiger partial charge in [-0.1, -0.05) is 12.0 Å². The third-order valence-electron chi connectivity index (χ3n) is 7.87. The molecule has 7 rings (SSSR count). The minimum absolute atomic E-state index is 0.0330. The van der Waals surface area contributed by atoms with Gasteiger partial charge in [0.15, 0.2) is 0 Å². The lowest BCUT2D eigenvalue weighted by molar-refractivity contribution is -0.141. The minimum atomic E-state index is -1.00. The van der Waals surface area contributed by atoms with Crippen LogP contribution in [0.25, 0.3) is 16.6 Å². The van der Waals surface area contributed by atoms with Gasteiger partial charge in [0.1, 0.15) is 29.9 Å². The third kappa shape index (κ3) is 4.92. The van der Waals surface area contributed by atoms with E-state index in [-0.39, 0.29) is 24.6 Å². The van der Waals surface area contributed by atoms with Crippen molar-refractivity contribution in [2.45, 2.75) is 51.3 Å². The highest BCUT2D eigenvalue weighted by molar-refractivity contribution is 5.97. The van der Waals surface area contributed by atoms with Gasteiger partial charge in [0.2, 0.25) is 0 Å². The number of amides is 1. The van der Waals surface area contributed by atoms with Crippen LogP contribution in [-0.2, 0) is 4.79 Å². The number of pyridine rings is 2. The van der Waals surface area contributed by atoms with E-state index in [1.54, 1.807) is 37.0 Å². The Labute approximate surface area is 238 Å².